The average Bonchev–Trinajstić information content (AvgIpc) is 2.27. The van der Waals surface area contributed by atoms with Crippen LogP contribution in [0.1, 0.15) is 36.5 Å². The molecule has 0 aliphatic carbocycles. The molecule has 0 heterocycles. The van der Waals surface area contributed by atoms with Crippen LogP contribution in [0.3, 0.4) is 0 Å². The summed E-state index contributed by atoms with van der Waals surface area (Å²) in [5.41, 5.74) is -0.464. The third-order valence-electron chi connectivity index (χ3n) is 2.61. The second-order valence-electron chi connectivity index (χ2n) is 4.19. The Kier molecular flexibility index (Phi) is 5.29. The lowest BCUT2D eigenvalue weighted by molar-refractivity contribution is -0.137. The monoisotopic (exact) mass is 269 g/mol. The molecule has 0 aliphatic heterocycles. The second kappa shape index (κ2) is 6.72. The third-order valence-corrected chi connectivity index (χ3v) is 2.61. The summed E-state index contributed by atoms with van der Waals surface area (Å²) in [5.74, 6) is -3.17. The number of carbonyl (C=O) groups excluding carboxylic acids is 1. The predicted molar refractivity (Wildman–Crippen MR) is 66.5 cm³/mol. The molecule has 1 aromatic carbocycles. The van der Waals surface area contributed by atoms with E-state index < -0.39 is 35.0 Å². The fourth-order valence-electron chi connectivity index (χ4n) is 1.78. The number of benzene rings is 1. The Bertz CT molecular complexity index is 455. The van der Waals surface area contributed by atoms with E-state index in [1.807, 2.05) is 6.92 Å². The number of hydrogen-bond acceptors (Lipinski definition) is 3. The SMILES string of the molecule is CCCC(CC(=O)O)NC(=O)c1c(O)cccc1F. The summed E-state index contributed by atoms with van der Waals surface area (Å²) in [4.78, 5) is 22.5. The maximum atomic E-state index is 13.5. The fraction of sp³-hybridized carbons (Fsp3) is 0.385. The molecule has 19 heavy (non-hydrogen) atoms. The Hall–Kier alpha value is -2.11. The highest BCUT2D eigenvalue weighted by molar-refractivity contribution is 5.97. The van der Waals surface area contributed by atoms with E-state index in [1.54, 1.807) is 0 Å². The number of halogens is 1. The van der Waals surface area contributed by atoms with Crippen molar-refractivity contribution in [3.8, 4) is 5.75 Å². The molecule has 5 nitrogen and oxygen atoms in total. The zero-order chi connectivity index (χ0) is 14.4. The molecule has 0 radical (unpaired) electrons. The smallest absolute Gasteiger partial charge is 0.305 e. The number of carboxylic acids is 1. The van der Waals surface area contributed by atoms with Crippen molar-refractivity contribution in [2.45, 2.75) is 32.2 Å². The Labute approximate surface area is 110 Å². The van der Waals surface area contributed by atoms with Gasteiger partial charge in [-0.05, 0) is 18.6 Å². The lowest BCUT2D eigenvalue weighted by Crippen LogP contribution is -2.36. The van der Waals surface area contributed by atoms with Crippen LogP contribution < -0.4 is 5.32 Å². The van der Waals surface area contributed by atoms with Gasteiger partial charge in [0.15, 0.2) is 0 Å². The van der Waals surface area contributed by atoms with Gasteiger partial charge in [0.05, 0.1) is 6.42 Å². The van der Waals surface area contributed by atoms with Gasteiger partial charge in [0.1, 0.15) is 17.1 Å². The first-order valence-corrected chi connectivity index (χ1v) is 5.95. The zero-order valence-electron chi connectivity index (χ0n) is 10.5. The maximum Gasteiger partial charge on any atom is 0.305 e. The summed E-state index contributed by atoms with van der Waals surface area (Å²) in [6, 6.07) is 2.95. The van der Waals surface area contributed by atoms with Crippen LogP contribution >= 0.6 is 0 Å². The van der Waals surface area contributed by atoms with Gasteiger partial charge in [0.2, 0.25) is 0 Å². The minimum Gasteiger partial charge on any atom is -0.507 e. The molecule has 104 valence electrons. The predicted octanol–water partition coefficient (Wildman–Crippen LogP) is 1.90. The number of phenolic OH excluding ortho intramolecular Hbond substituents is 1. The summed E-state index contributed by atoms with van der Waals surface area (Å²) < 4.78 is 13.5. The third kappa shape index (κ3) is 4.24. The maximum absolute atomic E-state index is 13.5. The molecular weight excluding hydrogens is 253 g/mol. The summed E-state index contributed by atoms with van der Waals surface area (Å²) in [6.45, 7) is 1.85. The van der Waals surface area contributed by atoms with Crippen LogP contribution in [0, 0.1) is 5.82 Å². The molecule has 0 aliphatic rings. The summed E-state index contributed by atoms with van der Waals surface area (Å²) in [6.07, 6.45) is 0.906. The van der Waals surface area contributed by atoms with E-state index in [2.05, 4.69) is 5.32 Å². The van der Waals surface area contributed by atoms with Gasteiger partial charge < -0.3 is 15.5 Å². The number of nitrogens with one attached hydrogen (secondary N) is 1. The molecule has 1 rings (SSSR count). The van der Waals surface area contributed by atoms with Crippen molar-refractivity contribution in [1.29, 1.82) is 0 Å². The first-order chi connectivity index (χ1) is 8.95. The molecule has 0 bridgehead atoms. The molecule has 6 heteroatoms. The first-order valence-electron chi connectivity index (χ1n) is 5.95. The van der Waals surface area contributed by atoms with Crippen molar-refractivity contribution < 1.29 is 24.2 Å². The van der Waals surface area contributed by atoms with E-state index in [9.17, 15) is 19.1 Å². The van der Waals surface area contributed by atoms with E-state index in [4.69, 9.17) is 5.11 Å². The molecule has 1 aromatic rings. The second-order valence-corrected chi connectivity index (χ2v) is 4.19. The topological polar surface area (TPSA) is 86.6 Å². The highest BCUT2D eigenvalue weighted by Gasteiger charge is 2.21. The fourth-order valence-corrected chi connectivity index (χ4v) is 1.78. The summed E-state index contributed by atoms with van der Waals surface area (Å²) >= 11 is 0. The van der Waals surface area contributed by atoms with Crippen LogP contribution in [0.2, 0.25) is 0 Å². The van der Waals surface area contributed by atoms with E-state index in [0.717, 1.165) is 6.07 Å². The van der Waals surface area contributed by atoms with Crippen molar-refractivity contribution in [2.24, 2.45) is 0 Å². The van der Waals surface area contributed by atoms with Gasteiger partial charge in [0.25, 0.3) is 5.91 Å². The van der Waals surface area contributed by atoms with Crippen LogP contribution in [0.4, 0.5) is 4.39 Å². The normalized spacial score (nSPS) is 11.9. The van der Waals surface area contributed by atoms with E-state index in [1.165, 1.54) is 12.1 Å². The zero-order valence-corrected chi connectivity index (χ0v) is 10.5. The number of carboxylic acid groups (broad SMARTS) is 1. The summed E-state index contributed by atoms with van der Waals surface area (Å²) in [5, 5.41) is 20.6. The Balaban J connectivity index is 2.84. The average molecular weight is 269 g/mol. The van der Waals surface area contributed by atoms with Crippen LogP contribution in [-0.2, 0) is 4.79 Å². The number of carbonyl (C=O) groups is 2. The van der Waals surface area contributed by atoms with Gasteiger partial charge in [-0.3, -0.25) is 9.59 Å². The molecule has 0 fully saturated rings. The molecule has 0 saturated heterocycles. The molecule has 0 aromatic heterocycles. The van der Waals surface area contributed by atoms with Gasteiger partial charge >= 0.3 is 5.97 Å². The molecule has 1 amide bonds. The highest BCUT2D eigenvalue weighted by atomic mass is 19.1. The van der Waals surface area contributed by atoms with E-state index >= 15 is 0 Å². The van der Waals surface area contributed by atoms with Crippen molar-refractivity contribution >= 4 is 11.9 Å². The van der Waals surface area contributed by atoms with Crippen molar-refractivity contribution in [2.75, 3.05) is 0 Å². The first kappa shape index (κ1) is 14.9. The number of rotatable bonds is 6. The quantitative estimate of drug-likeness (QED) is 0.736. The lowest BCUT2D eigenvalue weighted by atomic mass is 10.1. The largest absolute Gasteiger partial charge is 0.507 e. The standard InChI is InChI=1S/C13H16FNO4/c1-2-4-8(7-11(17)18)15-13(19)12-9(14)5-3-6-10(12)16/h3,5-6,8,16H,2,4,7H2,1H3,(H,15,19)(H,17,18). The van der Waals surface area contributed by atoms with E-state index in [-0.39, 0.29) is 6.42 Å². The van der Waals surface area contributed by atoms with Gasteiger partial charge in [-0.2, -0.15) is 0 Å². The number of amides is 1. The van der Waals surface area contributed by atoms with Crippen molar-refractivity contribution in [3.05, 3.63) is 29.6 Å². The number of hydrogen-bond donors (Lipinski definition) is 3. The van der Waals surface area contributed by atoms with Gasteiger partial charge in [-0.1, -0.05) is 19.4 Å². The number of aromatic hydroxyl groups is 1. The lowest BCUT2D eigenvalue weighted by Gasteiger charge is -2.16. The van der Waals surface area contributed by atoms with Gasteiger partial charge in [-0.15, -0.1) is 0 Å². The van der Waals surface area contributed by atoms with Crippen LogP contribution in [-0.4, -0.2) is 28.1 Å². The van der Waals surface area contributed by atoms with Crippen LogP contribution in [0.15, 0.2) is 18.2 Å². The van der Waals surface area contributed by atoms with Crippen molar-refractivity contribution in [3.63, 3.8) is 0 Å². The summed E-state index contributed by atoms with van der Waals surface area (Å²) in [7, 11) is 0. The van der Waals surface area contributed by atoms with Crippen LogP contribution in [0.25, 0.3) is 0 Å². The molecule has 1 unspecified atom stereocenters. The Morgan fingerprint density at radius 1 is 1.42 bits per heavy atom. The van der Waals surface area contributed by atoms with E-state index in [0.29, 0.717) is 12.8 Å². The molecular formula is C13H16FNO4. The minimum absolute atomic E-state index is 0.241. The van der Waals surface area contributed by atoms with Crippen LogP contribution in [0.5, 0.6) is 5.75 Å². The molecule has 0 spiro atoms. The highest BCUT2D eigenvalue weighted by Crippen LogP contribution is 2.20. The van der Waals surface area contributed by atoms with Gasteiger partial charge in [0, 0.05) is 6.04 Å². The molecule has 1 atom stereocenters. The Morgan fingerprint density at radius 3 is 2.63 bits per heavy atom. The minimum atomic E-state index is -1.04. The molecule has 0 saturated carbocycles. The van der Waals surface area contributed by atoms with Gasteiger partial charge in [-0.25, -0.2) is 4.39 Å². The molecule has 3 N–H and O–H groups in total. The Morgan fingerprint density at radius 2 is 2.11 bits per heavy atom. The number of phenols is 1. The number of aliphatic carboxylic acids is 1. The van der Waals surface area contributed by atoms with Crippen molar-refractivity contribution in [1.82, 2.24) is 5.32 Å².